The van der Waals surface area contributed by atoms with E-state index >= 15 is 0 Å². The number of hydrogen-bond acceptors (Lipinski definition) is 5. The van der Waals surface area contributed by atoms with Crippen LogP contribution in [0.5, 0.6) is 11.5 Å². The molecule has 3 aromatic heterocycles. The van der Waals surface area contributed by atoms with Crippen molar-refractivity contribution in [2.75, 3.05) is 13.2 Å². The van der Waals surface area contributed by atoms with Crippen LogP contribution in [0.25, 0.3) is 15.9 Å². The van der Waals surface area contributed by atoms with Gasteiger partial charge < -0.3 is 14.0 Å². The second kappa shape index (κ2) is 6.49. The summed E-state index contributed by atoms with van der Waals surface area (Å²) in [6.45, 7) is 5.64. The summed E-state index contributed by atoms with van der Waals surface area (Å²) >= 11 is 1.47. The van der Waals surface area contributed by atoms with Crippen LogP contribution < -0.4 is 14.3 Å². The second-order valence-electron chi connectivity index (χ2n) is 6.48. The largest absolute Gasteiger partial charge is 0.486 e. The van der Waals surface area contributed by atoms with Crippen LogP contribution in [-0.4, -0.2) is 33.1 Å². The monoisotopic (exact) mass is 394 g/mol. The molecule has 0 radical (unpaired) electrons. The third-order valence-corrected chi connectivity index (χ3v) is 5.81. The summed E-state index contributed by atoms with van der Waals surface area (Å²) in [6.07, 6.45) is 1.83. The molecule has 1 aliphatic rings. The van der Waals surface area contributed by atoms with Crippen molar-refractivity contribution < 1.29 is 14.3 Å². The normalized spacial score (nSPS) is 14.1. The SMILES string of the molecule is CCn1c(=NC(=O)c2c(C)nc3ccccn23)sc2cc3c(cc21)OCCO3. The van der Waals surface area contributed by atoms with Crippen LogP contribution >= 0.6 is 11.3 Å². The van der Waals surface area contributed by atoms with E-state index in [1.165, 1.54) is 11.3 Å². The fraction of sp³-hybridized carbons (Fsp3) is 0.250. The molecular weight excluding hydrogens is 376 g/mol. The van der Waals surface area contributed by atoms with E-state index in [0.29, 0.717) is 35.9 Å². The fourth-order valence-electron chi connectivity index (χ4n) is 3.51. The first kappa shape index (κ1) is 17.0. The summed E-state index contributed by atoms with van der Waals surface area (Å²) in [6, 6.07) is 9.58. The number of thiazole rings is 1. The molecule has 1 amide bonds. The summed E-state index contributed by atoms with van der Waals surface area (Å²) in [4.78, 5) is 22.6. The molecule has 28 heavy (non-hydrogen) atoms. The summed E-state index contributed by atoms with van der Waals surface area (Å²) in [5, 5.41) is 0. The predicted molar refractivity (Wildman–Crippen MR) is 106 cm³/mol. The van der Waals surface area contributed by atoms with Crippen LogP contribution in [0.2, 0.25) is 0 Å². The molecule has 1 aliphatic heterocycles. The van der Waals surface area contributed by atoms with Gasteiger partial charge in [0.1, 0.15) is 24.6 Å². The van der Waals surface area contributed by atoms with Crippen molar-refractivity contribution in [1.29, 1.82) is 0 Å². The highest BCUT2D eigenvalue weighted by Gasteiger charge is 2.18. The second-order valence-corrected chi connectivity index (χ2v) is 7.49. The Morgan fingerprint density at radius 1 is 1.25 bits per heavy atom. The lowest BCUT2D eigenvalue weighted by Gasteiger charge is -2.18. The zero-order valence-electron chi connectivity index (χ0n) is 15.5. The Hall–Kier alpha value is -3.13. The molecule has 0 unspecified atom stereocenters. The summed E-state index contributed by atoms with van der Waals surface area (Å²) in [7, 11) is 0. The van der Waals surface area contributed by atoms with Gasteiger partial charge in [-0.2, -0.15) is 4.99 Å². The van der Waals surface area contributed by atoms with Crippen LogP contribution in [0.3, 0.4) is 0 Å². The van der Waals surface area contributed by atoms with Crippen LogP contribution in [0.15, 0.2) is 41.5 Å². The molecular formula is C20H18N4O3S. The average molecular weight is 394 g/mol. The number of nitrogens with zero attached hydrogens (tertiary/aromatic N) is 4. The number of amides is 1. The van der Waals surface area contributed by atoms with E-state index in [1.807, 2.05) is 54.9 Å². The molecule has 142 valence electrons. The number of rotatable bonds is 2. The Labute approximate surface area is 164 Å². The Kier molecular flexibility index (Phi) is 3.94. The molecule has 0 saturated heterocycles. The van der Waals surface area contributed by atoms with Gasteiger partial charge in [-0.15, -0.1) is 0 Å². The molecule has 0 fully saturated rings. The van der Waals surface area contributed by atoms with Crippen LogP contribution in [0.4, 0.5) is 0 Å². The van der Waals surface area contributed by atoms with Crippen molar-refractivity contribution in [1.82, 2.24) is 14.0 Å². The quantitative estimate of drug-likeness (QED) is 0.524. The van der Waals surface area contributed by atoms with Crippen LogP contribution in [-0.2, 0) is 6.54 Å². The van der Waals surface area contributed by atoms with E-state index in [4.69, 9.17) is 9.47 Å². The molecule has 4 aromatic rings. The van der Waals surface area contributed by atoms with Gasteiger partial charge in [-0.1, -0.05) is 17.4 Å². The zero-order valence-corrected chi connectivity index (χ0v) is 16.3. The highest BCUT2D eigenvalue weighted by molar-refractivity contribution is 7.16. The van der Waals surface area contributed by atoms with Gasteiger partial charge in [0, 0.05) is 24.9 Å². The molecule has 1 aromatic carbocycles. The maximum atomic E-state index is 13.0. The molecule has 0 saturated carbocycles. The first-order valence-electron chi connectivity index (χ1n) is 9.11. The minimum Gasteiger partial charge on any atom is -0.486 e. The van der Waals surface area contributed by atoms with Gasteiger partial charge in [-0.3, -0.25) is 9.20 Å². The lowest BCUT2D eigenvalue weighted by atomic mass is 10.2. The Morgan fingerprint density at radius 3 is 2.82 bits per heavy atom. The van der Waals surface area contributed by atoms with Crippen LogP contribution in [0.1, 0.15) is 23.1 Å². The minimum atomic E-state index is -0.304. The highest BCUT2D eigenvalue weighted by Crippen LogP contribution is 2.35. The molecule has 0 atom stereocenters. The predicted octanol–water partition coefficient (Wildman–Crippen LogP) is 3.19. The van der Waals surface area contributed by atoms with Gasteiger partial charge in [0.25, 0.3) is 5.91 Å². The van der Waals surface area contributed by atoms with Crippen molar-refractivity contribution >= 4 is 33.1 Å². The van der Waals surface area contributed by atoms with Crippen molar-refractivity contribution in [2.45, 2.75) is 20.4 Å². The molecule has 0 aliphatic carbocycles. The lowest BCUT2D eigenvalue weighted by molar-refractivity contribution is 0.0991. The number of imidazole rings is 1. The fourth-order valence-corrected chi connectivity index (χ4v) is 4.61. The Balaban J connectivity index is 1.68. The molecule has 4 heterocycles. The number of aryl methyl sites for hydroxylation is 2. The maximum absolute atomic E-state index is 13.0. The Morgan fingerprint density at radius 2 is 2.04 bits per heavy atom. The number of carbonyl (C=O) groups is 1. The topological polar surface area (TPSA) is 70.1 Å². The molecule has 0 N–H and O–H groups in total. The van der Waals surface area contributed by atoms with Gasteiger partial charge in [0.2, 0.25) is 0 Å². The van der Waals surface area contributed by atoms with E-state index < -0.39 is 0 Å². The zero-order chi connectivity index (χ0) is 19.3. The summed E-state index contributed by atoms with van der Waals surface area (Å²) < 4.78 is 16.2. The van der Waals surface area contributed by atoms with E-state index in [2.05, 4.69) is 9.98 Å². The molecule has 5 rings (SSSR count). The number of benzene rings is 1. The molecule has 0 spiro atoms. The number of ether oxygens (including phenoxy) is 2. The van der Waals surface area contributed by atoms with E-state index in [0.717, 1.165) is 27.4 Å². The highest BCUT2D eigenvalue weighted by atomic mass is 32.1. The van der Waals surface area contributed by atoms with E-state index in [-0.39, 0.29) is 5.91 Å². The molecule has 0 bridgehead atoms. The van der Waals surface area contributed by atoms with Crippen molar-refractivity contribution in [3.8, 4) is 11.5 Å². The van der Waals surface area contributed by atoms with Crippen molar-refractivity contribution in [3.05, 3.63) is 52.7 Å². The number of fused-ring (bicyclic) bond motifs is 3. The first-order valence-corrected chi connectivity index (χ1v) is 9.93. The number of carbonyl (C=O) groups excluding carboxylic acids is 1. The number of hydrogen-bond donors (Lipinski definition) is 0. The maximum Gasteiger partial charge on any atom is 0.298 e. The van der Waals surface area contributed by atoms with Gasteiger partial charge >= 0.3 is 0 Å². The standard InChI is InChI=1S/C20H18N4O3S/c1-3-23-13-10-14-15(27-9-8-26-14)11-16(13)28-20(23)22-19(25)18-12(2)21-17-6-4-5-7-24(17)18/h4-7,10-11H,3,8-9H2,1-2H3. The summed E-state index contributed by atoms with van der Waals surface area (Å²) in [5.74, 6) is 1.16. The van der Waals surface area contributed by atoms with Crippen molar-refractivity contribution in [3.63, 3.8) is 0 Å². The number of pyridine rings is 1. The van der Waals surface area contributed by atoms with Gasteiger partial charge in [-0.25, -0.2) is 4.98 Å². The summed E-state index contributed by atoms with van der Waals surface area (Å²) in [5.41, 5.74) is 2.88. The third-order valence-electron chi connectivity index (χ3n) is 4.77. The smallest absolute Gasteiger partial charge is 0.298 e. The van der Waals surface area contributed by atoms with Gasteiger partial charge in [-0.05, 0) is 26.0 Å². The van der Waals surface area contributed by atoms with Gasteiger partial charge in [0.15, 0.2) is 16.3 Å². The average Bonchev–Trinajstić information content (AvgIpc) is 3.21. The molecule has 7 nitrogen and oxygen atoms in total. The van der Waals surface area contributed by atoms with E-state index in [9.17, 15) is 4.79 Å². The first-order chi connectivity index (χ1) is 13.7. The van der Waals surface area contributed by atoms with Gasteiger partial charge in [0.05, 0.1) is 15.9 Å². The Bertz CT molecular complexity index is 1300. The lowest BCUT2D eigenvalue weighted by Crippen LogP contribution is -2.17. The minimum absolute atomic E-state index is 0.304. The number of aromatic nitrogens is 3. The van der Waals surface area contributed by atoms with Crippen molar-refractivity contribution in [2.24, 2.45) is 4.99 Å². The third kappa shape index (κ3) is 2.60. The van der Waals surface area contributed by atoms with E-state index in [1.54, 1.807) is 4.40 Å². The molecule has 8 heteroatoms. The van der Waals surface area contributed by atoms with Crippen LogP contribution in [0, 0.1) is 6.92 Å².